The van der Waals surface area contributed by atoms with Crippen LogP contribution in [0.3, 0.4) is 0 Å². The standard InChI is InChI=1S/C13H19NO2S/c1-2-17-9-3-6-14-11-4-5-12-13(10-11)16-8-7-15-12/h4-5,10,14H,2-3,6-9H2,1H3. The highest BCUT2D eigenvalue weighted by Crippen LogP contribution is 2.32. The summed E-state index contributed by atoms with van der Waals surface area (Å²) in [4.78, 5) is 0. The van der Waals surface area contributed by atoms with Gasteiger partial charge in [0.05, 0.1) is 0 Å². The average molecular weight is 253 g/mol. The molecule has 0 bridgehead atoms. The van der Waals surface area contributed by atoms with Gasteiger partial charge in [-0.3, -0.25) is 0 Å². The van der Waals surface area contributed by atoms with Gasteiger partial charge in [-0.1, -0.05) is 6.92 Å². The van der Waals surface area contributed by atoms with E-state index >= 15 is 0 Å². The zero-order valence-corrected chi connectivity index (χ0v) is 11.0. The van der Waals surface area contributed by atoms with Crippen LogP contribution in [0.25, 0.3) is 0 Å². The Morgan fingerprint density at radius 3 is 2.88 bits per heavy atom. The number of fused-ring (bicyclic) bond motifs is 1. The molecule has 0 fully saturated rings. The SMILES string of the molecule is CCSCCCNc1ccc2c(c1)OCCO2. The molecule has 0 amide bonds. The summed E-state index contributed by atoms with van der Waals surface area (Å²) in [5.41, 5.74) is 1.11. The molecule has 0 atom stereocenters. The molecule has 0 unspecified atom stereocenters. The van der Waals surface area contributed by atoms with Crippen LogP contribution in [0.4, 0.5) is 5.69 Å². The summed E-state index contributed by atoms with van der Waals surface area (Å²) in [5.74, 6) is 4.12. The molecule has 1 aliphatic heterocycles. The van der Waals surface area contributed by atoms with Gasteiger partial charge in [-0.2, -0.15) is 11.8 Å². The van der Waals surface area contributed by atoms with E-state index in [1.165, 1.54) is 17.9 Å². The smallest absolute Gasteiger partial charge is 0.163 e. The van der Waals surface area contributed by atoms with E-state index in [0.29, 0.717) is 13.2 Å². The Hall–Kier alpha value is -1.03. The Kier molecular flexibility index (Phi) is 4.86. The number of hydrogen-bond donors (Lipinski definition) is 1. The lowest BCUT2D eigenvalue weighted by molar-refractivity contribution is 0.171. The van der Waals surface area contributed by atoms with Crippen LogP contribution in [0.5, 0.6) is 11.5 Å². The van der Waals surface area contributed by atoms with Gasteiger partial charge in [0.1, 0.15) is 13.2 Å². The zero-order chi connectivity index (χ0) is 11.9. The summed E-state index contributed by atoms with van der Waals surface area (Å²) in [6.07, 6.45) is 1.19. The van der Waals surface area contributed by atoms with Crippen molar-refractivity contribution in [1.82, 2.24) is 0 Å². The van der Waals surface area contributed by atoms with Crippen LogP contribution < -0.4 is 14.8 Å². The molecule has 1 aliphatic rings. The first-order valence-electron chi connectivity index (χ1n) is 6.11. The van der Waals surface area contributed by atoms with Gasteiger partial charge >= 0.3 is 0 Å². The van der Waals surface area contributed by atoms with Gasteiger partial charge in [-0.15, -0.1) is 0 Å². The Labute approximate surface area is 107 Å². The van der Waals surface area contributed by atoms with Crippen molar-refractivity contribution in [1.29, 1.82) is 0 Å². The fourth-order valence-corrected chi connectivity index (χ4v) is 2.34. The third-order valence-electron chi connectivity index (χ3n) is 2.54. The van der Waals surface area contributed by atoms with Crippen molar-refractivity contribution in [2.45, 2.75) is 13.3 Å². The summed E-state index contributed by atoms with van der Waals surface area (Å²) in [5, 5.41) is 3.40. The summed E-state index contributed by atoms with van der Waals surface area (Å²) in [6.45, 7) is 4.49. The number of thioether (sulfide) groups is 1. The molecule has 3 nitrogen and oxygen atoms in total. The number of ether oxygens (including phenoxy) is 2. The van der Waals surface area contributed by atoms with Gasteiger partial charge in [0.15, 0.2) is 11.5 Å². The van der Waals surface area contributed by atoms with Crippen molar-refractivity contribution >= 4 is 17.4 Å². The Morgan fingerprint density at radius 2 is 2.06 bits per heavy atom. The fourth-order valence-electron chi connectivity index (χ4n) is 1.70. The van der Waals surface area contributed by atoms with E-state index < -0.39 is 0 Å². The lowest BCUT2D eigenvalue weighted by Crippen LogP contribution is -2.15. The van der Waals surface area contributed by atoms with Crippen molar-refractivity contribution in [2.75, 3.05) is 36.6 Å². The van der Waals surface area contributed by atoms with Gasteiger partial charge in [0, 0.05) is 18.3 Å². The second-order valence-electron chi connectivity index (χ2n) is 3.84. The highest BCUT2D eigenvalue weighted by molar-refractivity contribution is 7.99. The minimum absolute atomic E-state index is 0.642. The largest absolute Gasteiger partial charge is 0.486 e. The molecule has 17 heavy (non-hydrogen) atoms. The monoisotopic (exact) mass is 253 g/mol. The molecule has 0 aliphatic carbocycles. The van der Waals surface area contributed by atoms with Crippen molar-refractivity contribution in [3.8, 4) is 11.5 Å². The lowest BCUT2D eigenvalue weighted by Gasteiger charge is -2.19. The predicted molar refractivity (Wildman–Crippen MR) is 73.5 cm³/mol. The molecule has 2 rings (SSSR count). The quantitative estimate of drug-likeness (QED) is 0.789. The molecule has 0 saturated heterocycles. The van der Waals surface area contributed by atoms with E-state index in [0.717, 1.165) is 23.7 Å². The average Bonchev–Trinajstić information content (AvgIpc) is 2.38. The number of benzene rings is 1. The first-order chi connectivity index (χ1) is 8.40. The molecule has 1 aromatic carbocycles. The maximum absolute atomic E-state index is 5.54. The minimum Gasteiger partial charge on any atom is -0.486 e. The highest BCUT2D eigenvalue weighted by atomic mass is 32.2. The first kappa shape index (κ1) is 12.4. The summed E-state index contributed by atoms with van der Waals surface area (Å²) in [7, 11) is 0. The third kappa shape index (κ3) is 3.73. The molecule has 0 saturated carbocycles. The van der Waals surface area contributed by atoms with Crippen LogP contribution in [-0.2, 0) is 0 Å². The maximum Gasteiger partial charge on any atom is 0.163 e. The van der Waals surface area contributed by atoms with Crippen LogP contribution in [0, 0.1) is 0 Å². The second kappa shape index (κ2) is 6.64. The molecular weight excluding hydrogens is 234 g/mol. The highest BCUT2D eigenvalue weighted by Gasteiger charge is 2.11. The third-order valence-corrected chi connectivity index (χ3v) is 3.53. The van der Waals surface area contributed by atoms with Crippen LogP contribution in [0.2, 0.25) is 0 Å². The topological polar surface area (TPSA) is 30.5 Å². The molecule has 0 radical (unpaired) electrons. The van der Waals surface area contributed by atoms with E-state index in [4.69, 9.17) is 9.47 Å². The van der Waals surface area contributed by atoms with Gasteiger partial charge in [0.2, 0.25) is 0 Å². The molecule has 4 heteroatoms. The predicted octanol–water partition coefficient (Wildman–Crippen LogP) is 3.01. The van der Waals surface area contributed by atoms with Crippen LogP contribution in [0.15, 0.2) is 18.2 Å². The maximum atomic E-state index is 5.54. The number of rotatable bonds is 6. The summed E-state index contributed by atoms with van der Waals surface area (Å²) in [6, 6.07) is 6.03. The molecule has 0 spiro atoms. The van der Waals surface area contributed by atoms with E-state index in [-0.39, 0.29) is 0 Å². The van der Waals surface area contributed by atoms with Crippen molar-refractivity contribution in [2.24, 2.45) is 0 Å². The lowest BCUT2D eigenvalue weighted by atomic mass is 10.2. The number of nitrogens with one attached hydrogen (secondary N) is 1. The molecule has 1 aromatic rings. The number of anilines is 1. The van der Waals surface area contributed by atoms with Crippen molar-refractivity contribution in [3.63, 3.8) is 0 Å². The van der Waals surface area contributed by atoms with Gasteiger partial charge in [-0.05, 0) is 30.1 Å². The van der Waals surface area contributed by atoms with Crippen molar-refractivity contribution < 1.29 is 9.47 Å². The molecular formula is C13H19NO2S. The van der Waals surface area contributed by atoms with Crippen molar-refractivity contribution in [3.05, 3.63) is 18.2 Å². The fraction of sp³-hybridized carbons (Fsp3) is 0.538. The van der Waals surface area contributed by atoms with E-state index in [1.54, 1.807) is 0 Å². The van der Waals surface area contributed by atoms with Crippen LogP contribution in [0.1, 0.15) is 13.3 Å². The van der Waals surface area contributed by atoms with Crippen LogP contribution >= 0.6 is 11.8 Å². The van der Waals surface area contributed by atoms with Gasteiger partial charge < -0.3 is 14.8 Å². The minimum atomic E-state index is 0.642. The Bertz CT molecular complexity index is 357. The normalized spacial score (nSPS) is 13.5. The Balaban J connectivity index is 1.81. The molecule has 1 N–H and O–H groups in total. The van der Waals surface area contributed by atoms with Gasteiger partial charge in [-0.25, -0.2) is 0 Å². The summed E-state index contributed by atoms with van der Waals surface area (Å²) >= 11 is 1.98. The zero-order valence-electron chi connectivity index (χ0n) is 10.2. The molecule has 1 heterocycles. The van der Waals surface area contributed by atoms with E-state index in [9.17, 15) is 0 Å². The van der Waals surface area contributed by atoms with Crippen LogP contribution in [-0.4, -0.2) is 31.3 Å². The molecule has 94 valence electrons. The Morgan fingerprint density at radius 1 is 1.24 bits per heavy atom. The second-order valence-corrected chi connectivity index (χ2v) is 5.23. The van der Waals surface area contributed by atoms with E-state index in [2.05, 4.69) is 12.2 Å². The van der Waals surface area contributed by atoms with E-state index in [1.807, 2.05) is 30.0 Å². The summed E-state index contributed by atoms with van der Waals surface area (Å²) < 4.78 is 11.0. The van der Waals surface area contributed by atoms with Gasteiger partial charge in [0.25, 0.3) is 0 Å². The first-order valence-corrected chi connectivity index (χ1v) is 7.27. The molecule has 0 aromatic heterocycles. The number of hydrogen-bond acceptors (Lipinski definition) is 4.